The number of hydrogen-bond acceptors (Lipinski definition) is 2. The zero-order chi connectivity index (χ0) is 22.7. The molecule has 2 atom stereocenters. The molecule has 0 bridgehead atoms. The molecule has 0 heterocycles. The zero-order valence-electron chi connectivity index (χ0n) is 19.2. The van der Waals surface area contributed by atoms with E-state index in [0.29, 0.717) is 29.9 Å². The number of allylic oxidation sites excluding steroid dienone is 4. The lowest BCUT2D eigenvalue weighted by Gasteiger charge is -2.33. The molecule has 0 amide bonds. The maximum atomic E-state index is 14.9. The van der Waals surface area contributed by atoms with Crippen LogP contribution in [0.15, 0.2) is 41.7 Å². The number of ether oxygens (including phenoxy) is 2. The van der Waals surface area contributed by atoms with Crippen LogP contribution in [-0.2, 0) is 4.74 Å². The molecule has 0 aromatic heterocycles. The normalized spacial score (nSPS) is 33.3. The molecule has 176 valence electrons. The minimum atomic E-state index is -1.70. The van der Waals surface area contributed by atoms with E-state index in [4.69, 9.17) is 9.47 Å². The Hall–Kier alpha value is -1.91. The Bertz CT molecular complexity index is 833. The molecule has 32 heavy (non-hydrogen) atoms. The molecule has 3 aliphatic rings. The topological polar surface area (TPSA) is 18.5 Å². The molecule has 0 N–H and O–H groups in total. The van der Waals surface area contributed by atoms with E-state index in [1.807, 2.05) is 6.07 Å². The number of hydrogen-bond donors (Lipinski definition) is 0. The van der Waals surface area contributed by atoms with Crippen molar-refractivity contribution >= 4 is 0 Å². The SMILES string of the molecule is COc1ccc(C2CCC(COC3=CC=C(C4CCC(C)CC4)C(F)C3F)CC2)cc1F. The third-order valence-corrected chi connectivity index (χ3v) is 7.75. The summed E-state index contributed by atoms with van der Waals surface area (Å²) >= 11 is 0. The van der Waals surface area contributed by atoms with Crippen molar-refractivity contribution in [2.45, 2.75) is 76.6 Å². The van der Waals surface area contributed by atoms with Crippen LogP contribution in [0.1, 0.15) is 69.8 Å². The van der Waals surface area contributed by atoms with Gasteiger partial charge in [0.2, 0.25) is 0 Å². The fourth-order valence-corrected chi connectivity index (χ4v) is 5.57. The first kappa shape index (κ1) is 23.3. The fraction of sp³-hybridized carbons (Fsp3) is 0.630. The highest BCUT2D eigenvalue weighted by atomic mass is 19.2. The lowest BCUT2D eigenvalue weighted by atomic mass is 9.76. The van der Waals surface area contributed by atoms with E-state index in [0.717, 1.165) is 56.9 Å². The molecule has 1 aromatic carbocycles. The molecule has 0 radical (unpaired) electrons. The molecule has 2 nitrogen and oxygen atoms in total. The first-order valence-corrected chi connectivity index (χ1v) is 12.1. The van der Waals surface area contributed by atoms with Crippen molar-refractivity contribution in [1.82, 2.24) is 0 Å². The molecular formula is C27H35F3O2. The molecule has 2 saturated carbocycles. The molecule has 2 fully saturated rings. The molecule has 5 heteroatoms. The Morgan fingerprint density at radius 2 is 1.56 bits per heavy atom. The van der Waals surface area contributed by atoms with Gasteiger partial charge in [-0.15, -0.1) is 0 Å². The third kappa shape index (κ3) is 5.18. The Balaban J connectivity index is 1.28. The van der Waals surface area contributed by atoms with Crippen molar-refractivity contribution in [1.29, 1.82) is 0 Å². The third-order valence-electron chi connectivity index (χ3n) is 7.75. The maximum Gasteiger partial charge on any atom is 0.192 e. The summed E-state index contributed by atoms with van der Waals surface area (Å²) in [6.07, 6.45) is 7.95. The van der Waals surface area contributed by atoms with Crippen LogP contribution in [0.3, 0.4) is 0 Å². The first-order chi connectivity index (χ1) is 15.5. The van der Waals surface area contributed by atoms with Crippen molar-refractivity contribution in [2.24, 2.45) is 17.8 Å². The van der Waals surface area contributed by atoms with Gasteiger partial charge in [-0.25, -0.2) is 13.2 Å². The van der Waals surface area contributed by atoms with E-state index >= 15 is 0 Å². The van der Waals surface area contributed by atoms with Crippen molar-refractivity contribution in [3.05, 3.63) is 53.1 Å². The van der Waals surface area contributed by atoms with Gasteiger partial charge < -0.3 is 9.47 Å². The predicted molar refractivity (Wildman–Crippen MR) is 121 cm³/mol. The van der Waals surface area contributed by atoms with Crippen molar-refractivity contribution in [3.8, 4) is 5.75 Å². The average Bonchev–Trinajstić information content (AvgIpc) is 2.81. The van der Waals surface area contributed by atoms with E-state index < -0.39 is 12.3 Å². The summed E-state index contributed by atoms with van der Waals surface area (Å²) in [5.74, 6) is 1.53. The van der Waals surface area contributed by atoms with Crippen molar-refractivity contribution < 1.29 is 22.6 Å². The van der Waals surface area contributed by atoms with Crippen LogP contribution in [-0.4, -0.2) is 26.1 Å². The van der Waals surface area contributed by atoms with E-state index in [9.17, 15) is 13.2 Å². The van der Waals surface area contributed by atoms with Gasteiger partial charge in [-0.05, 0) is 91.5 Å². The number of halogens is 3. The largest absolute Gasteiger partial charge is 0.494 e. The number of methoxy groups -OCH3 is 1. The lowest BCUT2D eigenvalue weighted by Crippen LogP contribution is -2.31. The van der Waals surface area contributed by atoms with Crippen LogP contribution in [0, 0.1) is 23.6 Å². The quantitative estimate of drug-likeness (QED) is 0.450. The number of rotatable bonds is 6. The molecule has 2 unspecified atom stereocenters. The summed E-state index contributed by atoms with van der Waals surface area (Å²) in [6, 6.07) is 5.18. The smallest absolute Gasteiger partial charge is 0.192 e. The van der Waals surface area contributed by atoms with Crippen LogP contribution < -0.4 is 4.74 Å². The Kier molecular flexibility index (Phi) is 7.52. The Labute approximate surface area is 189 Å². The monoisotopic (exact) mass is 448 g/mol. The zero-order valence-corrected chi connectivity index (χ0v) is 19.2. The Morgan fingerprint density at radius 3 is 2.22 bits per heavy atom. The first-order valence-electron chi connectivity index (χ1n) is 12.1. The van der Waals surface area contributed by atoms with Crippen molar-refractivity contribution in [3.63, 3.8) is 0 Å². The molecule has 0 saturated heterocycles. The second-order valence-corrected chi connectivity index (χ2v) is 9.92. The number of benzene rings is 1. The second kappa shape index (κ2) is 10.4. The van der Waals surface area contributed by atoms with E-state index in [2.05, 4.69) is 6.92 Å². The van der Waals surface area contributed by atoms with E-state index in [1.54, 1.807) is 24.3 Å². The van der Waals surface area contributed by atoms with Gasteiger partial charge in [0.1, 0.15) is 5.76 Å². The highest BCUT2D eigenvalue weighted by molar-refractivity contribution is 5.32. The molecule has 3 aliphatic carbocycles. The standard InChI is InChI=1S/C27H35F3O2/c1-17-3-7-20(8-4-17)22-12-14-25(27(30)26(22)29)32-16-18-5-9-19(10-6-18)21-11-13-24(31-2)23(28)15-21/h11-15,17-20,26-27H,3-10,16H2,1-2H3. The Morgan fingerprint density at radius 1 is 0.875 bits per heavy atom. The van der Waals surface area contributed by atoms with Gasteiger partial charge in [-0.2, -0.15) is 0 Å². The van der Waals surface area contributed by atoms with Gasteiger partial charge in [0, 0.05) is 0 Å². The van der Waals surface area contributed by atoms with Gasteiger partial charge in [0.25, 0.3) is 0 Å². The van der Waals surface area contributed by atoms with Crippen LogP contribution >= 0.6 is 0 Å². The van der Waals surface area contributed by atoms with Gasteiger partial charge in [0.05, 0.1) is 13.7 Å². The highest BCUT2D eigenvalue weighted by Gasteiger charge is 2.37. The van der Waals surface area contributed by atoms with Gasteiger partial charge in [0.15, 0.2) is 23.9 Å². The molecule has 4 rings (SSSR count). The molecule has 1 aromatic rings. The van der Waals surface area contributed by atoms with Crippen LogP contribution in [0.2, 0.25) is 0 Å². The highest BCUT2D eigenvalue weighted by Crippen LogP contribution is 2.40. The summed E-state index contributed by atoms with van der Waals surface area (Å²) in [6.45, 7) is 2.64. The van der Waals surface area contributed by atoms with Crippen molar-refractivity contribution in [2.75, 3.05) is 13.7 Å². The molecule has 0 spiro atoms. The average molecular weight is 449 g/mol. The van der Waals surface area contributed by atoms with Crippen LogP contribution in [0.4, 0.5) is 13.2 Å². The minimum absolute atomic E-state index is 0.129. The lowest BCUT2D eigenvalue weighted by molar-refractivity contribution is 0.0779. The summed E-state index contributed by atoms with van der Waals surface area (Å²) in [5, 5.41) is 0. The van der Waals surface area contributed by atoms with E-state index in [1.165, 1.54) is 7.11 Å². The second-order valence-electron chi connectivity index (χ2n) is 9.92. The van der Waals surface area contributed by atoms with Gasteiger partial charge in [-0.1, -0.05) is 31.9 Å². The minimum Gasteiger partial charge on any atom is -0.494 e. The molecular weight excluding hydrogens is 413 g/mol. The van der Waals surface area contributed by atoms with Gasteiger partial charge >= 0.3 is 0 Å². The summed E-state index contributed by atoms with van der Waals surface area (Å²) < 4.78 is 54.5. The summed E-state index contributed by atoms with van der Waals surface area (Å²) in [4.78, 5) is 0. The van der Waals surface area contributed by atoms with Crippen LogP contribution in [0.5, 0.6) is 5.75 Å². The van der Waals surface area contributed by atoms with E-state index in [-0.39, 0.29) is 23.2 Å². The van der Waals surface area contributed by atoms with Crippen LogP contribution in [0.25, 0.3) is 0 Å². The summed E-state index contributed by atoms with van der Waals surface area (Å²) in [7, 11) is 1.46. The molecule has 0 aliphatic heterocycles. The van der Waals surface area contributed by atoms with Gasteiger partial charge in [-0.3, -0.25) is 0 Å². The fourth-order valence-electron chi connectivity index (χ4n) is 5.57. The summed E-state index contributed by atoms with van der Waals surface area (Å²) in [5.41, 5.74) is 1.61. The maximum absolute atomic E-state index is 14.9. The predicted octanol–water partition coefficient (Wildman–Crippen LogP) is 7.45. The number of alkyl halides is 2.